The fraction of sp³-hybridized carbons (Fsp3) is 0.125. The van der Waals surface area contributed by atoms with Gasteiger partial charge in [-0.05, 0) is 68.4 Å². The second-order valence-electron chi connectivity index (χ2n) is 7.30. The SMILES string of the molecule is CC(C)OC(=O)c1ccc(OC(=O)c2ccc(O)c(O)c2)c(OC(=O)c2ccc(O)c(O)c2)c1. The highest BCUT2D eigenvalue weighted by atomic mass is 16.6. The van der Waals surface area contributed by atoms with Crippen molar-refractivity contribution in [1.82, 2.24) is 0 Å². The number of hydrogen-bond acceptors (Lipinski definition) is 10. The Balaban J connectivity index is 1.94. The molecule has 0 aliphatic rings. The van der Waals surface area contributed by atoms with Crippen LogP contribution in [-0.2, 0) is 4.74 Å². The van der Waals surface area contributed by atoms with Crippen LogP contribution in [0.25, 0.3) is 0 Å². The van der Waals surface area contributed by atoms with Gasteiger partial charge in [-0.15, -0.1) is 0 Å². The van der Waals surface area contributed by atoms with Crippen LogP contribution in [0, 0.1) is 0 Å². The van der Waals surface area contributed by atoms with Gasteiger partial charge in [-0.1, -0.05) is 0 Å². The van der Waals surface area contributed by atoms with Gasteiger partial charge in [0.25, 0.3) is 0 Å². The molecule has 0 bridgehead atoms. The third-order valence-corrected chi connectivity index (χ3v) is 4.35. The molecule has 34 heavy (non-hydrogen) atoms. The molecule has 0 heterocycles. The fourth-order valence-electron chi connectivity index (χ4n) is 2.70. The van der Waals surface area contributed by atoms with Crippen molar-refractivity contribution in [2.75, 3.05) is 0 Å². The van der Waals surface area contributed by atoms with E-state index in [1.54, 1.807) is 13.8 Å². The zero-order valence-corrected chi connectivity index (χ0v) is 18.0. The first-order valence-electron chi connectivity index (χ1n) is 9.88. The van der Waals surface area contributed by atoms with E-state index in [0.29, 0.717) is 0 Å². The molecule has 0 atom stereocenters. The Morgan fingerprint density at radius 1 is 0.588 bits per heavy atom. The van der Waals surface area contributed by atoms with Gasteiger partial charge in [0.1, 0.15) is 0 Å². The first-order chi connectivity index (χ1) is 16.0. The van der Waals surface area contributed by atoms with E-state index < -0.39 is 47.0 Å². The number of phenolic OH excluding ortho intramolecular Hbond substituents is 4. The topological polar surface area (TPSA) is 160 Å². The molecular weight excluding hydrogens is 448 g/mol. The highest BCUT2D eigenvalue weighted by Gasteiger charge is 2.21. The number of esters is 3. The van der Waals surface area contributed by atoms with Crippen molar-refractivity contribution in [2.24, 2.45) is 0 Å². The molecule has 0 aromatic heterocycles. The Kier molecular flexibility index (Phi) is 6.91. The summed E-state index contributed by atoms with van der Waals surface area (Å²) in [5.41, 5.74) is -0.238. The van der Waals surface area contributed by atoms with Gasteiger partial charge in [0.2, 0.25) is 0 Å². The Bertz CT molecular complexity index is 1260. The lowest BCUT2D eigenvalue weighted by atomic mass is 10.1. The second kappa shape index (κ2) is 9.82. The Hall–Kier alpha value is -4.73. The highest BCUT2D eigenvalue weighted by molar-refractivity contribution is 5.95. The monoisotopic (exact) mass is 468 g/mol. The van der Waals surface area contributed by atoms with Crippen molar-refractivity contribution in [3.05, 3.63) is 71.3 Å². The van der Waals surface area contributed by atoms with Gasteiger partial charge >= 0.3 is 17.9 Å². The summed E-state index contributed by atoms with van der Waals surface area (Å²) in [6, 6.07) is 10.2. The number of benzene rings is 3. The van der Waals surface area contributed by atoms with Gasteiger partial charge in [0, 0.05) is 0 Å². The van der Waals surface area contributed by atoms with E-state index in [9.17, 15) is 34.8 Å². The van der Waals surface area contributed by atoms with Crippen LogP contribution in [0.4, 0.5) is 0 Å². The number of carbonyl (C=O) groups is 3. The molecule has 3 aromatic carbocycles. The maximum atomic E-state index is 12.6. The molecule has 176 valence electrons. The minimum atomic E-state index is -0.982. The molecule has 0 spiro atoms. The molecule has 0 saturated carbocycles. The number of hydrogen-bond donors (Lipinski definition) is 4. The molecule has 0 aliphatic heterocycles. The first-order valence-corrected chi connectivity index (χ1v) is 9.88. The molecule has 3 aromatic rings. The summed E-state index contributed by atoms with van der Waals surface area (Å²) in [5, 5.41) is 38.1. The molecule has 10 heteroatoms. The summed E-state index contributed by atoms with van der Waals surface area (Å²) < 4.78 is 15.7. The van der Waals surface area contributed by atoms with Gasteiger partial charge in [-0.2, -0.15) is 0 Å². The van der Waals surface area contributed by atoms with E-state index in [-0.39, 0.29) is 28.2 Å². The van der Waals surface area contributed by atoms with Crippen LogP contribution in [0.2, 0.25) is 0 Å². The maximum Gasteiger partial charge on any atom is 0.343 e. The van der Waals surface area contributed by atoms with Crippen molar-refractivity contribution in [3.8, 4) is 34.5 Å². The minimum absolute atomic E-state index is 0.00660. The number of ether oxygens (including phenoxy) is 3. The largest absolute Gasteiger partial charge is 0.504 e. The van der Waals surface area contributed by atoms with Crippen LogP contribution < -0.4 is 9.47 Å². The molecule has 4 N–H and O–H groups in total. The van der Waals surface area contributed by atoms with Crippen LogP contribution >= 0.6 is 0 Å². The van der Waals surface area contributed by atoms with Crippen molar-refractivity contribution >= 4 is 17.9 Å². The van der Waals surface area contributed by atoms with Crippen LogP contribution in [-0.4, -0.2) is 44.4 Å². The average molecular weight is 468 g/mol. The van der Waals surface area contributed by atoms with Crippen LogP contribution in [0.15, 0.2) is 54.6 Å². The average Bonchev–Trinajstić information content (AvgIpc) is 2.78. The lowest BCUT2D eigenvalue weighted by Gasteiger charge is -2.13. The van der Waals surface area contributed by atoms with E-state index in [1.807, 2.05) is 0 Å². The summed E-state index contributed by atoms with van der Waals surface area (Å²) >= 11 is 0. The smallest absolute Gasteiger partial charge is 0.343 e. The number of rotatable bonds is 6. The Morgan fingerprint density at radius 2 is 1.03 bits per heavy atom. The van der Waals surface area contributed by atoms with Gasteiger partial charge < -0.3 is 34.6 Å². The second-order valence-corrected chi connectivity index (χ2v) is 7.30. The van der Waals surface area contributed by atoms with Crippen molar-refractivity contribution < 1.29 is 49.0 Å². The van der Waals surface area contributed by atoms with Gasteiger partial charge in [-0.3, -0.25) is 0 Å². The fourth-order valence-corrected chi connectivity index (χ4v) is 2.70. The van der Waals surface area contributed by atoms with Crippen LogP contribution in [0.3, 0.4) is 0 Å². The summed E-state index contributed by atoms with van der Waals surface area (Å²) in [5.74, 6) is -5.17. The van der Waals surface area contributed by atoms with Crippen LogP contribution in [0.5, 0.6) is 34.5 Å². The molecule has 0 radical (unpaired) electrons. The lowest BCUT2D eigenvalue weighted by molar-refractivity contribution is 0.0376. The van der Waals surface area contributed by atoms with E-state index >= 15 is 0 Å². The quantitative estimate of drug-likeness (QED) is 0.239. The molecule has 0 unspecified atom stereocenters. The third kappa shape index (κ3) is 5.54. The summed E-state index contributed by atoms with van der Waals surface area (Å²) in [7, 11) is 0. The zero-order valence-electron chi connectivity index (χ0n) is 18.0. The van der Waals surface area contributed by atoms with Gasteiger partial charge in [0.05, 0.1) is 22.8 Å². The maximum absolute atomic E-state index is 12.6. The number of aromatic hydroxyl groups is 4. The highest BCUT2D eigenvalue weighted by Crippen LogP contribution is 2.32. The first kappa shape index (κ1) is 23.9. The minimum Gasteiger partial charge on any atom is -0.504 e. The number of phenols is 4. The Labute approximate surface area is 193 Å². The standard InChI is InChI=1S/C24H20O10/c1-12(2)32-22(29)15-5-8-20(33-23(30)13-3-6-16(25)18(27)9-13)21(11-15)34-24(31)14-4-7-17(26)19(28)10-14/h3-12,25-28H,1-2H3. The molecule has 3 rings (SSSR count). The third-order valence-electron chi connectivity index (χ3n) is 4.35. The van der Waals surface area contributed by atoms with E-state index in [2.05, 4.69) is 0 Å². The van der Waals surface area contributed by atoms with Crippen molar-refractivity contribution in [3.63, 3.8) is 0 Å². The lowest BCUT2D eigenvalue weighted by Crippen LogP contribution is -2.15. The van der Waals surface area contributed by atoms with Gasteiger partial charge in [-0.25, -0.2) is 14.4 Å². The van der Waals surface area contributed by atoms with Crippen molar-refractivity contribution in [2.45, 2.75) is 20.0 Å². The molecule has 0 fully saturated rings. The molecule has 0 aliphatic carbocycles. The molecule has 0 amide bonds. The molecule has 10 nitrogen and oxygen atoms in total. The predicted molar refractivity (Wildman–Crippen MR) is 116 cm³/mol. The molecular formula is C24H20O10. The van der Waals surface area contributed by atoms with E-state index in [4.69, 9.17) is 14.2 Å². The summed E-state index contributed by atoms with van der Waals surface area (Å²) in [6.45, 7) is 3.30. The van der Waals surface area contributed by atoms with Crippen molar-refractivity contribution in [1.29, 1.82) is 0 Å². The van der Waals surface area contributed by atoms with Crippen LogP contribution in [0.1, 0.15) is 44.9 Å². The Morgan fingerprint density at radius 3 is 1.50 bits per heavy atom. The van der Waals surface area contributed by atoms with E-state index in [0.717, 1.165) is 30.3 Å². The van der Waals surface area contributed by atoms with E-state index in [1.165, 1.54) is 24.3 Å². The molecule has 0 saturated heterocycles. The summed E-state index contributed by atoms with van der Waals surface area (Å²) in [6.07, 6.45) is -0.418. The normalized spacial score (nSPS) is 10.6. The van der Waals surface area contributed by atoms with Gasteiger partial charge in [0.15, 0.2) is 34.5 Å². The predicted octanol–water partition coefficient (Wildman–Crippen LogP) is 3.51. The summed E-state index contributed by atoms with van der Waals surface area (Å²) in [4.78, 5) is 37.4. The zero-order chi connectivity index (χ0) is 25.0. The number of carbonyl (C=O) groups excluding carboxylic acids is 3.